The summed E-state index contributed by atoms with van der Waals surface area (Å²) < 4.78 is 10.5. The van der Waals surface area contributed by atoms with Crippen LogP contribution in [0.4, 0.5) is 0 Å². The molecule has 0 spiro atoms. The first kappa shape index (κ1) is 12.6. The van der Waals surface area contributed by atoms with E-state index in [0.29, 0.717) is 0 Å². The molecule has 0 aromatic carbocycles. The third-order valence-corrected chi connectivity index (χ3v) is 6.17. The smallest absolute Gasteiger partial charge is 0.120 e. The molecule has 76 valence electrons. The van der Waals surface area contributed by atoms with Crippen LogP contribution < -0.4 is 0 Å². The van der Waals surface area contributed by atoms with E-state index in [9.17, 15) is 0 Å². The average Bonchev–Trinajstić information content (AvgIpc) is 2.06. The monoisotopic (exact) mass is 200 g/mol. The molecule has 0 amide bonds. The van der Waals surface area contributed by atoms with Gasteiger partial charge in [0.1, 0.15) is 8.07 Å². The Bertz CT molecular complexity index is 139. The van der Waals surface area contributed by atoms with Crippen LogP contribution in [0.3, 0.4) is 0 Å². The Hall–Kier alpha value is -0.383. The lowest BCUT2D eigenvalue weighted by molar-refractivity contribution is 0.216. The van der Waals surface area contributed by atoms with E-state index in [2.05, 4.69) is 13.2 Å². The maximum absolute atomic E-state index is 5.25. The summed E-state index contributed by atoms with van der Waals surface area (Å²) in [5.41, 5.74) is 0. The van der Waals surface area contributed by atoms with Crippen molar-refractivity contribution in [1.82, 2.24) is 0 Å². The van der Waals surface area contributed by atoms with E-state index in [1.807, 2.05) is 12.2 Å². The van der Waals surface area contributed by atoms with Gasteiger partial charge in [-0.3, -0.25) is 0 Å². The molecular weight excluding hydrogens is 180 g/mol. The van der Waals surface area contributed by atoms with Gasteiger partial charge in [0, 0.05) is 26.7 Å². The first-order valence-electron chi connectivity index (χ1n) is 4.44. The zero-order valence-corrected chi connectivity index (χ0v) is 9.71. The van der Waals surface area contributed by atoms with Gasteiger partial charge in [-0.05, 0) is 12.1 Å². The van der Waals surface area contributed by atoms with Crippen molar-refractivity contribution in [1.29, 1.82) is 0 Å². The number of hydrogen-bond donors (Lipinski definition) is 0. The van der Waals surface area contributed by atoms with Gasteiger partial charge in [0.25, 0.3) is 0 Å². The fraction of sp³-hybridized carbons (Fsp3) is 0.600. The van der Waals surface area contributed by atoms with Crippen molar-refractivity contribution in [2.75, 3.05) is 26.7 Å². The Morgan fingerprint density at radius 2 is 1.38 bits per heavy atom. The van der Waals surface area contributed by atoms with Crippen LogP contribution in [0, 0.1) is 0 Å². The summed E-state index contributed by atoms with van der Waals surface area (Å²) in [4.78, 5) is 0. The van der Waals surface area contributed by atoms with Gasteiger partial charge in [0.2, 0.25) is 0 Å². The van der Waals surface area contributed by atoms with Crippen LogP contribution in [0.1, 0.15) is 0 Å². The fourth-order valence-electron chi connectivity index (χ4n) is 1.59. The molecule has 0 radical (unpaired) electrons. The van der Waals surface area contributed by atoms with Gasteiger partial charge < -0.3 is 9.47 Å². The quantitative estimate of drug-likeness (QED) is 0.442. The molecule has 0 fully saturated rings. The summed E-state index contributed by atoms with van der Waals surface area (Å²) in [6.45, 7) is 7.56. The first-order chi connectivity index (χ1) is 6.24. The van der Waals surface area contributed by atoms with Crippen LogP contribution in [-0.2, 0) is 9.47 Å². The van der Waals surface area contributed by atoms with E-state index in [1.165, 1.54) is 0 Å². The molecule has 0 aliphatic heterocycles. The summed E-state index contributed by atoms with van der Waals surface area (Å²) in [6.07, 6.45) is 5.57. The lowest BCUT2D eigenvalue weighted by Crippen LogP contribution is -2.44. The highest BCUT2D eigenvalue weighted by Gasteiger charge is 2.30. The van der Waals surface area contributed by atoms with E-state index in [-0.39, 0.29) is 0 Å². The Kier molecular flexibility index (Phi) is 6.85. The molecule has 0 atom stereocenters. The molecule has 2 nitrogen and oxygen atoms in total. The number of allylic oxidation sites excluding steroid dienone is 2. The number of methoxy groups -OCH3 is 2. The summed E-state index contributed by atoms with van der Waals surface area (Å²) >= 11 is 0. The van der Waals surface area contributed by atoms with Crippen molar-refractivity contribution in [2.24, 2.45) is 0 Å². The minimum Gasteiger partial charge on any atom is -0.388 e. The molecule has 13 heavy (non-hydrogen) atoms. The number of rotatable bonds is 8. The Morgan fingerprint density at radius 3 is 1.62 bits per heavy atom. The van der Waals surface area contributed by atoms with E-state index < -0.39 is 8.07 Å². The van der Waals surface area contributed by atoms with Crippen molar-refractivity contribution < 1.29 is 9.47 Å². The highest BCUT2D eigenvalue weighted by Crippen LogP contribution is 2.17. The minimum atomic E-state index is -1.48. The number of hydrogen-bond acceptors (Lipinski definition) is 2. The molecule has 0 heterocycles. The third kappa shape index (κ3) is 4.41. The minimum absolute atomic E-state index is 0.818. The van der Waals surface area contributed by atoms with Crippen LogP contribution in [0.25, 0.3) is 0 Å². The predicted octanol–water partition coefficient (Wildman–Crippen LogP) is 2.18. The zero-order chi connectivity index (χ0) is 10.2. The van der Waals surface area contributed by atoms with Crippen LogP contribution in [-0.4, -0.2) is 34.8 Å². The molecule has 0 bridgehead atoms. The molecule has 0 saturated carbocycles. The first-order valence-corrected chi connectivity index (χ1v) is 7.27. The molecular formula is C10H20O2Si. The van der Waals surface area contributed by atoms with E-state index in [4.69, 9.17) is 9.47 Å². The Morgan fingerprint density at radius 1 is 1.00 bits per heavy atom. The maximum Gasteiger partial charge on any atom is 0.120 e. The topological polar surface area (TPSA) is 18.5 Å². The number of ether oxygens (including phenoxy) is 2. The average molecular weight is 200 g/mol. The molecule has 0 rings (SSSR count). The second kappa shape index (κ2) is 7.06. The molecule has 0 unspecified atom stereocenters. The van der Waals surface area contributed by atoms with Crippen molar-refractivity contribution >= 4 is 8.07 Å². The van der Waals surface area contributed by atoms with Crippen molar-refractivity contribution in [2.45, 2.75) is 12.1 Å². The lowest BCUT2D eigenvalue weighted by Gasteiger charge is -2.27. The molecule has 0 aromatic heterocycles. The summed E-state index contributed by atoms with van der Waals surface area (Å²) in [5, 5.41) is 0. The van der Waals surface area contributed by atoms with E-state index in [1.54, 1.807) is 14.2 Å². The molecule has 0 aliphatic rings. The fourth-order valence-corrected chi connectivity index (χ4v) is 4.76. The summed E-state index contributed by atoms with van der Waals surface area (Å²) in [7, 11) is 2.00. The van der Waals surface area contributed by atoms with Crippen molar-refractivity contribution in [3.8, 4) is 0 Å². The van der Waals surface area contributed by atoms with Gasteiger partial charge >= 0.3 is 0 Å². The normalized spacial score (nSPS) is 11.2. The van der Waals surface area contributed by atoms with Crippen molar-refractivity contribution in [3.05, 3.63) is 25.3 Å². The SMILES string of the molecule is C=CC[Si](CC=C)(COC)COC. The van der Waals surface area contributed by atoms with Crippen LogP contribution in [0.15, 0.2) is 25.3 Å². The predicted molar refractivity (Wildman–Crippen MR) is 59.5 cm³/mol. The van der Waals surface area contributed by atoms with Gasteiger partial charge in [-0.1, -0.05) is 12.2 Å². The highest BCUT2D eigenvalue weighted by molar-refractivity contribution is 6.80. The molecule has 0 N–H and O–H groups in total. The maximum atomic E-state index is 5.25. The van der Waals surface area contributed by atoms with Crippen LogP contribution in [0.5, 0.6) is 0 Å². The van der Waals surface area contributed by atoms with Crippen LogP contribution >= 0.6 is 0 Å². The van der Waals surface area contributed by atoms with Crippen molar-refractivity contribution in [3.63, 3.8) is 0 Å². The van der Waals surface area contributed by atoms with Gasteiger partial charge in [-0.2, -0.15) is 0 Å². The second-order valence-corrected chi connectivity index (χ2v) is 7.75. The van der Waals surface area contributed by atoms with Gasteiger partial charge in [-0.15, -0.1) is 13.2 Å². The van der Waals surface area contributed by atoms with Gasteiger partial charge in [0.15, 0.2) is 0 Å². The third-order valence-electron chi connectivity index (χ3n) is 2.06. The Labute approximate surface area is 82.3 Å². The zero-order valence-electron chi connectivity index (χ0n) is 8.71. The van der Waals surface area contributed by atoms with E-state index >= 15 is 0 Å². The molecule has 0 aromatic rings. The van der Waals surface area contributed by atoms with Gasteiger partial charge in [-0.25, -0.2) is 0 Å². The summed E-state index contributed by atoms with van der Waals surface area (Å²) in [5.74, 6) is 0. The second-order valence-electron chi connectivity index (χ2n) is 3.35. The van der Waals surface area contributed by atoms with Gasteiger partial charge in [0.05, 0.1) is 0 Å². The largest absolute Gasteiger partial charge is 0.388 e. The standard InChI is InChI=1S/C10H20O2Si/c1-5-7-13(8-6-2,9-11-3)10-12-4/h5-6H,1-2,7-10H2,3-4H3. The van der Waals surface area contributed by atoms with E-state index in [0.717, 1.165) is 24.5 Å². The molecule has 3 heteroatoms. The summed E-state index contributed by atoms with van der Waals surface area (Å²) in [6, 6.07) is 2.06. The molecule has 0 aliphatic carbocycles. The van der Waals surface area contributed by atoms with Crippen LogP contribution in [0.2, 0.25) is 12.1 Å². The molecule has 0 saturated heterocycles. The lowest BCUT2D eigenvalue weighted by atomic mass is 10.7. The highest BCUT2D eigenvalue weighted by atomic mass is 28.3. The Balaban J connectivity index is 4.35.